The number of hydrogen-bond donors (Lipinski definition) is 1. The van der Waals surface area contributed by atoms with Crippen LogP contribution in [0, 0.1) is 23.7 Å². The molecule has 0 aromatic carbocycles. The van der Waals surface area contributed by atoms with E-state index >= 15 is 0 Å². The van der Waals surface area contributed by atoms with Crippen LogP contribution in [0.25, 0.3) is 0 Å². The van der Waals surface area contributed by atoms with Crippen LogP contribution in [0.1, 0.15) is 59.3 Å². The van der Waals surface area contributed by atoms with Gasteiger partial charge >= 0.3 is 0 Å². The molecule has 16 heavy (non-hydrogen) atoms. The molecule has 0 bridgehead atoms. The zero-order chi connectivity index (χ0) is 12.0. The molecule has 1 unspecified atom stereocenters. The van der Waals surface area contributed by atoms with Crippen LogP contribution < -0.4 is 5.32 Å². The second-order valence-corrected chi connectivity index (χ2v) is 5.69. The molecule has 1 rings (SSSR count). The van der Waals surface area contributed by atoms with Gasteiger partial charge in [0.1, 0.15) is 0 Å². The van der Waals surface area contributed by atoms with Gasteiger partial charge in [-0.05, 0) is 37.1 Å². The van der Waals surface area contributed by atoms with Gasteiger partial charge in [0, 0.05) is 12.5 Å². The lowest BCUT2D eigenvalue weighted by Gasteiger charge is -2.39. The fourth-order valence-electron chi connectivity index (χ4n) is 3.46. The van der Waals surface area contributed by atoms with E-state index in [0.717, 1.165) is 18.9 Å². The molecule has 0 radical (unpaired) electrons. The van der Waals surface area contributed by atoms with Crippen molar-refractivity contribution >= 4 is 0 Å². The minimum atomic E-state index is 0.483. The van der Waals surface area contributed by atoms with Crippen LogP contribution in [0.2, 0.25) is 0 Å². The van der Waals surface area contributed by atoms with Gasteiger partial charge in [0.15, 0.2) is 0 Å². The highest BCUT2D eigenvalue weighted by Gasteiger charge is 2.40. The van der Waals surface area contributed by atoms with Crippen molar-refractivity contribution < 1.29 is 0 Å². The first-order chi connectivity index (χ1) is 7.64. The summed E-state index contributed by atoms with van der Waals surface area (Å²) in [4.78, 5) is 0. The first-order valence-corrected chi connectivity index (χ1v) is 6.81. The zero-order valence-electron chi connectivity index (χ0n) is 11.2. The van der Waals surface area contributed by atoms with Gasteiger partial charge in [-0.3, -0.25) is 0 Å². The summed E-state index contributed by atoms with van der Waals surface area (Å²) in [5.74, 6) is 3.64. The van der Waals surface area contributed by atoms with Crippen molar-refractivity contribution in [2.45, 2.75) is 65.3 Å². The molecule has 1 heteroatoms. The monoisotopic (exact) mass is 221 g/mol. The van der Waals surface area contributed by atoms with Gasteiger partial charge in [-0.25, -0.2) is 0 Å². The zero-order valence-corrected chi connectivity index (χ0v) is 11.2. The minimum absolute atomic E-state index is 0.483. The number of rotatable bonds is 6. The van der Waals surface area contributed by atoms with Crippen LogP contribution in [0.15, 0.2) is 0 Å². The molecule has 1 N–H and O–H groups in total. The Kier molecular flexibility index (Phi) is 5.35. The lowest BCUT2D eigenvalue weighted by molar-refractivity contribution is 0.158. The molecular weight excluding hydrogens is 194 g/mol. The Labute approximate surface area is 101 Å². The lowest BCUT2D eigenvalue weighted by atomic mass is 9.71. The van der Waals surface area contributed by atoms with Gasteiger partial charge in [0.25, 0.3) is 0 Å². The van der Waals surface area contributed by atoms with E-state index in [1.165, 1.54) is 32.1 Å². The van der Waals surface area contributed by atoms with Crippen LogP contribution >= 0.6 is 0 Å². The quantitative estimate of drug-likeness (QED) is 0.676. The lowest BCUT2D eigenvalue weighted by Crippen LogP contribution is -2.44. The Morgan fingerprint density at radius 2 is 1.94 bits per heavy atom. The molecule has 0 saturated heterocycles. The van der Waals surface area contributed by atoms with Crippen molar-refractivity contribution in [1.82, 2.24) is 5.32 Å². The topological polar surface area (TPSA) is 12.0 Å². The van der Waals surface area contributed by atoms with Crippen molar-refractivity contribution in [3.8, 4) is 12.3 Å². The van der Waals surface area contributed by atoms with Crippen molar-refractivity contribution in [1.29, 1.82) is 0 Å². The summed E-state index contributed by atoms with van der Waals surface area (Å²) in [5, 5.41) is 3.63. The van der Waals surface area contributed by atoms with Crippen LogP contribution in [0.4, 0.5) is 0 Å². The van der Waals surface area contributed by atoms with Crippen LogP contribution in [-0.4, -0.2) is 12.6 Å². The van der Waals surface area contributed by atoms with E-state index in [1.807, 2.05) is 0 Å². The minimum Gasteiger partial charge on any atom is -0.313 e. The van der Waals surface area contributed by atoms with Crippen molar-refractivity contribution in [2.24, 2.45) is 11.3 Å². The molecule has 1 nitrogen and oxygen atoms in total. The molecule has 0 spiro atoms. The van der Waals surface area contributed by atoms with Crippen molar-refractivity contribution in [2.75, 3.05) is 6.54 Å². The molecular formula is C15H27N. The van der Waals surface area contributed by atoms with Gasteiger partial charge in [-0.1, -0.05) is 33.6 Å². The maximum atomic E-state index is 5.53. The smallest absolute Gasteiger partial charge is 0.0246 e. The van der Waals surface area contributed by atoms with Gasteiger partial charge < -0.3 is 5.32 Å². The fourth-order valence-corrected chi connectivity index (χ4v) is 3.46. The Hall–Kier alpha value is -0.480. The highest BCUT2D eigenvalue weighted by Crippen LogP contribution is 2.46. The van der Waals surface area contributed by atoms with Crippen LogP contribution in [0.3, 0.4) is 0 Å². The summed E-state index contributed by atoms with van der Waals surface area (Å²) in [6.07, 6.45) is 13.2. The second kappa shape index (κ2) is 6.30. The van der Waals surface area contributed by atoms with E-state index < -0.39 is 0 Å². The third kappa shape index (κ3) is 3.25. The fraction of sp³-hybridized carbons (Fsp3) is 0.867. The van der Waals surface area contributed by atoms with E-state index in [1.54, 1.807) is 0 Å². The third-order valence-electron chi connectivity index (χ3n) is 3.93. The Morgan fingerprint density at radius 3 is 2.38 bits per heavy atom. The molecule has 1 saturated carbocycles. The van der Waals surface area contributed by atoms with Gasteiger partial charge in [-0.2, -0.15) is 0 Å². The number of hydrogen-bond acceptors (Lipinski definition) is 1. The molecule has 1 aliphatic carbocycles. The molecule has 1 aliphatic rings. The maximum Gasteiger partial charge on any atom is 0.0246 e. The highest BCUT2D eigenvalue weighted by molar-refractivity contribution is 5.01. The Bertz CT molecular complexity index is 230. The number of nitrogens with one attached hydrogen (secondary N) is 1. The summed E-state index contributed by atoms with van der Waals surface area (Å²) >= 11 is 0. The highest BCUT2D eigenvalue weighted by atomic mass is 14.9. The first-order valence-electron chi connectivity index (χ1n) is 6.81. The van der Waals surface area contributed by atoms with Gasteiger partial charge in [0.2, 0.25) is 0 Å². The summed E-state index contributed by atoms with van der Waals surface area (Å²) in [6.45, 7) is 7.88. The summed E-state index contributed by atoms with van der Waals surface area (Å²) in [6, 6.07) is 0.535. The van der Waals surface area contributed by atoms with Crippen LogP contribution in [-0.2, 0) is 0 Å². The molecule has 0 aromatic rings. The van der Waals surface area contributed by atoms with Gasteiger partial charge in [-0.15, -0.1) is 12.3 Å². The molecule has 1 fully saturated rings. The molecule has 1 atom stereocenters. The van der Waals surface area contributed by atoms with Crippen molar-refractivity contribution in [3.63, 3.8) is 0 Å². The summed E-state index contributed by atoms with van der Waals surface area (Å²) in [7, 11) is 0. The Morgan fingerprint density at radius 1 is 1.31 bits per heavy atom. The SMILES string of the molecule is C#CCC(NCC)C1(CC(C)C)CCCC1. The Balaban J connectivity index is 2.76. The largest absolute Gasteiger partial charge is 0.313 e. The van der Waals surface area contributed by atoms with E-state index in [4.69, 9.17) is 6.42 Å². The molecule has 0 aliphatic heterocycles. The molecule has 0 aromatic heterocycles. The second-order valence-electron chi connectivity index (χ2n) is 5.69. The number of terminal acetylenes is 1. The standard InChI is InChI=1S/C15H27N/c1-5-9-14(16-6-2)15(12-13(3)4)10-7-8-11-15/h1,13-14,16H,6-12H2,2-4H3. The molecule has 0 amide bonds. The maximum absolute atomic E-state index is 5.53. The first kappa shape index (κ1) is 13.6. The predicted molar refractivity (Wildman–Crippen MR) is 71.3 cm³/mol. The molecule has 0 heterocycles. The molecule has 92 valence electrons. The van der Waals surface area contributed by atoms with E-state index in [9.17, 15) is 0 Å². The predicted octanol–water partition coefficient (Wildman–Crippen LogP) is 3.59. The van der Waals surface area contributed by atoms with Crippen LogP contribution in [0.5, 0.6) is 0 Å². The van der Waals surface area contributed by atoms with E-state index in [-0.39, 0.29) is 0 Å². The third-order valence-corrected chi connectivity index (χ3v) is 3.93. The average Bonchev–Trinajstić information content (AvgIpc) is 2.66. The summed E-state index contributed by atoms with van der Waals surface area (Å²) < 4.78 is 0. The van der Waals surface area contributed by atoms with Crippen molar-refractivity contribution in [3.05, 3.63) is 0 Å². The average molecular weight is 221 g/mol. The van der Waals surface area contributed by atoms with E-state index in [0.29, 0.717) is 11.5 Å². The van der Waals surface area contributed by atoms with E-state index in [2.05, 4.69) is 32.0 Å². The normalized spacial score (nSPS) is 20.9. The summed E-state index contributed by atoms with van der Waals surface area (Å²) in [5.41, 5.74) is 0.483. The van der Waals surface area contributed by atoms with Gasteiger partial charge in [0.05, 0.1) is 0 Å².